The number of sulfone groups is 1. The molecule has 19 heavy (non-hydrogen) atoms. The molecule has 0 spiro atoms. The van der Waals surface area contributed by atoms with Gasteiger partial charge in [-0.2, -0.15) is 0 Å². The van der Waals surface area contributed by atoms with E-state index in [9.17, 15) is 13.5 Å². The van der Waals surface area contributed by atoms with Crippen LogP contribution < -0.4 is 9.47 Å². The zero-order valence-corrected chi connectivity index (χ0v) is 12.7. The second kappa shape index (κ2) is 5.98. The van der Waals surface area contributed by atoms with Gasteiger partial charge in [-0.25, -0.2) is 8.42 Å². The molecule has 0 saturated carbocycles. The Hall–Kier alpha value is -0.980. The molecule has 0 aliphatic heterocycles. The molecule has 1 N–H and O–H groups in total. The Balaban J connectivity index is 3.32. The summed E-state index contributed by atoms with van der Waals surface area (Å²) in [6.45, 7) is 1.43. The fourth-order valence-electron chi connectivity index (χ4n) is 1.64. The number of hydrogen-bond acceptors (Lipinski definition) is 5. The third-order valence-electron chi connectivity index (χ3n) is 2.95. The molecule has 0 aromatic heterocycles. The first-order chi connectivity index (χ1) is 8.73. The summed E-state index contributed by atoms with van der Waals surface area (Å²) in [6, 6.07) is 3.09. The molecule has 0 aliphatic rings. The lowest BCUT2D eigenvalue weighted by molar-refractivity contribution is 0.171. The van der Waals surface area contributed by atoms with Crippen molar-refractivity contribution >= 4 is 21.4 Å². The van der Waals surface area contributed by atoms with Gasteiger partial charge in [-0.3, -0.25) is 0 Å². The zero-order chi connectivity index (χ0) is 14.8. The molecule has 0 bridgehead atoms. The third-order valence-corrected chi connectivity index (χ3v) is 4.92. The van der Waals surface area contributed by atoms with Gasteiger partial charge in [0.05, 0.1) is 25.6 Å². The summed E-state index contributed by atoms with van der Waals surface area (Å²) in [4.78, 5) is 0. The molecule has 0 saturated heterocycles. The van der Waals surface area contributed by atoms with Crippen molar-refractivity contribution in [3.63, 3.8) is 0 Å². The fourth-order valence-corrected chi connectivity index (χ4v) is 2.58. The smallest absolute Gasteiger partial charge is 0.152 e. The van der Waals surface area contributed by atoms with Crippen molar-refractivity contribution in [3.8, 4) is 11.5 Å². The molecular formula is C12H17ClO5S. The quantitative estimate of drug-likeness (QED) is 0.898. The van der Waals surface area contributed by atoms with Crippen molar-refractivity contribution in [2.75, 3.05) is 20.5 Å². The maximum absolute atomic E-state index is 11.5. The number of aliphatic hydroxyl groups is 1. The lowest BCUT2D eigenvalue weighted by atomic mass is 10.1. The first-order valence-corrected chi connectivity index (χ1v) is 7.84. The fraction of sp³-hybridized carbons (Fsp3) is 0.500. The minimum absolute atomic E-state index is 0.197. The Morgan fingerprint density at radius 1 is 1.26 bits per heavy atom. The number of hydrogen-bond donors (Lipinski definition) is 1. The predicted molar refractivity (Wildman–Crippen MR) is 73.8 cm³/mol. The van der Waals surface area contributed by atoms with Crippen LogP contribution in [0.1, 0.15) is 18.6 Å². The van der Waals surface area contributed by atoms with Crippen molar-refractivity contribution in [3.05, 3.63) is 22.7 Å². The normalized spacial score (nSPS) is 14.8. The summed E-state index contributed by atoms with van der Waals surface area (Å²) in [6.07, 6.45) is -0.160. The average Bonchev–Trinajstić information content (AvgIpc) is 2.35. The van der Waals surface area contributed by atoms with Crippen molar-refractivity contribution in [2.24, 2.45) is 0 Å². The summed E-state index contributed by atoms with van der Waals surface area (Å²) >= 11 is 6.07. The van der Waals surface area contributed by atoms with Gasteiger partial charge in [0.25, 0.3) is 0 Å². The molecule has 1 rings (SSSR count). The van der Waals surface area contributed by atoms with Crippen LogP contribution in [0, 0.1) is 0 Å². The van der Waals surface area contributed by atoms with Crippen molar-refractivity contribution in [2.45, 2.75) is 18.3 Å². The molecule has 0 heterocycles. The Morgan fingerprint density at radius 3 is 2.26 bits per heavy atom. The van der Waals surface area contributed by atoms with E-state index in [2.05, 4.69) is 0 Å². The van der Waals surface area contributed by atoms with Gasteiger partial charge in [-0.1, -0.05) is 11.6 Å². The lowest BCUT2D eigenvalue weighted by Crippen LogP contribution is -2.24. The van der Waals surface area contributed by atoms with Crippen LogP contribution in [-0.2, 0) is 9.84 Å². The molecule has 7 heteroatoms. The Labute approximate surface area is 118 Å². The average molecular weight is 309 g/mol. The molecule has 1 aromatic rings. The Morgan fingerprint density at radius 2 is 1.84 bits per heavy atom. The molecular weight excluding hydrogens is 292 g/mol. The number of benzene rings is 1. The highest BCUT2D eigenvalue weighted by atomic mass is 35.5. The summed E-state index contributed by atoms with van der Waals surface area (Å²) < 4.78 is 33.2. The molecule has 2 atom stereocenters. The van der Waals surface area contributed by atoms with E-state index in [0.29, 0.717) is 11.3 Å². The van der Waals surface area contributed by atoms with Gasteiger partial charge >= 0.3 is 0 Å². The SMILES string of the molecule is COc1ccc(C(O)C(C)S(C)(=O)=O)c(OC)c1Cl. The van der Waals surface area contributed by atoms with Gasteiger partial charge in [0.15, 0.2) is 9.84 Å². The van der Waals surface area contributed by atoms with Crippen LogP contribution in [0.3, 0.4) is 0 Å². The molecule has 2 unspecified atom stereocenters. The van der Waals surface area contributed by atoms with Crippen molar-refractivity contribution in [1.29, 1.82) is 0 Å². The van der Waals surface area contributed by atoms with Crippen molar-refractivity contribution in [1.82, 2.24) is 0 Å². The molecule has 5 nitrogen and oxygen atoms in total. The van der Waals surface area contributed by atoms with E-state index in [1.807, 2.05) is 0 Å². The Bertz CT molecular complexity index is 555. The largest absolute Gasteiger partial charge is 0.495 e. The number of halogens is 1. The van der Waals surface area contributed by atoms with E-state index in [-0.39, 0.29) is 10.8 Å². The standard InChI is InChI=1S/C12H17ClO5S/c1-7(19(4,15)16)11(14)8-5-6-9(17-2)10(13)12(8)18-3/h5-7,11,14H,1-4H3. The molecule has 1 aromatic carbocycles. The number of aliphatic hydroxyl groups excluding tert-OH is 1. The highest BCUT2D eigenvalue weighted by molar-refractivity contribution is 7.91. The lowest BCUT2D eigenvalue weighted by Gasteiger charge is -2.21. The van der Waals surface area contributed by atoms with Gasteiger partial charge in [-0.05, 0) is 19.1 Å². The summed E-state index contributed by atoms with van der Waals surface area (Å²) in [5.74, 6) is 0.602. The monoisotopic (exact) mass is 308 g/mol. The summed E-state index contributed by atoms with van der Waals surface area (Å²) in [5, 5.41) is 9.40. The van der Waals surface area contributed by atoms with Gasteiger partial charge in [0.2, 0.25) is 0 Å². The number of methoxy groups -OCH3 is 2. The van der Waals surface area contributed by atoms with Gasteiger partial charge in [0.1, 0.15) is 16.5 Å². The minimum atomic E-state index is -3.38. The van der Waals surface area contributed by atoms with Crippen molar-refractivity contribution < 1.29 is 23.0 Å². The van der Waals surface area contributed by atoms with Crippen LogP contribution >= 0.6 is 11.6 Å². The minimum Gasteiger partial charge on any atom is -0.495 e. The van der Waals surface area contributed by atoms with E-state index < -0.39 is 21.2 Å². The number of rotatable bonds is 5. The van der Waals surface area contributed by atoms with Crippen LogP contribution in [0.4, 0.5) is 0 Å². The number of ether oxygens (including phenoxy) is 2. The van der Waals surface area contributed by atoms with Crippen LogP contribution in [-0.4, -0.2) is 39.2 Å². The molecule has 0 fully saturated rings. The molecule has 0 amide bonds. The predicted octanol–water partition coefficient (Wildman–Crippen LogP) is 1.82. The topological polar surface area (TPSA) is 72.8 Å². The Kier molecular flexibility index (Phi) is 5.06. The highest BCUT2D eigenvalue weighted by Crippen LogP contribution is 2.40. The second-order valence-corrected chi connectivity index (χ2v) is 6.96. The van der Waals surface area contributed by atoms with E-state index in [1.165, 1.54) is 27.2 Å². The molecule has 108 valence electrons. The maximum atomic E-state index is 11.5. The van der Waals surface area contributed by atoms with Crippen LogP contribution in [0.15, 0.2) is 12.1 Å². The maximum Gasteiger partial charge on any atom is 0.152 e. The van der Waals surface area contributed by atoms with Crippen LogP contribution in [0.2, 0.25) is 5.02 Å². The van der Waals surface area contributed by atoms with Gasteiger partial charge in [0, 0.05) is 11.8 Å². The second-order valence-electron chi connectivity index (χ2n) is 4.18. The van der Waals surface area contributed by atoms with Crippen LogP contribution in [0.25, 0.3) is 0 Å². The van der Waals surface area contributed by atoms with Gasteiger partial charge in [-0.15, -0.1) is 0 Å². The first kappa shape index (κ1) is 16.1. The van der Waals surface area contributed by atoms with E-state index in [0.717, 1.165) is 6.26 Å². The van der Waals surface area contributed by atoms with Gasteiger partial charge < -0.3 is 14.6 Å². The third kappa shape index (κ3) is 3.32. The molecule has 0 aliphatic carbocycles. The van der Waals surface area contributed by atoms with Crippen LogP contribution in [0.5, 0.6) is 11.5 Å². The first-order valence-electron chi connectivity index (χ1n) is 5.51. The summed E-state index contributed by atoms with van der Waals surface area (Å²) in [5.41, 5.74) is 0.311. The zero-order valence-electron chi connectivity index (χ0n) is 11.2. The molecule has 0 radical (unpaired) electrons. The van der Waals surface area contributed by atoms with E-state index in [1.54, 1.807) is 6.07 Å². The highest BCUT2D eigenvalue weighted by Gasteiger charge is 2.29. The summed E-state index contributed by atoms with van der Waals surface area (Å²) in [7, 11) is -0.539. The van der Waals surface area contributed by atoms with E-state index >= 15 is 0 Å². The van der Waals surface area contributed by atoms with E-state index in [4.69, 9.17) is 21.1 Å².